The van der Waals surface area contributed by atoms with E-state index in [0.717, 1.165) is 11.1 Å². The molecule has 0 aromatic heterocycles. The lowest BCUT2D eigenvalue weighted by molar-refractivity contribution is 0.607. The molecule has 0 aromatic rings. The zero-order valence-electron chi connectivity index (χ0n) is 12.1. The van der Waals surface area contributed by atoms with Crippen LogP contribution in [0.3, 0.4) is 0 Å². The van der Waals surface area contributed by atoms with Gasteiger partial charge in [0.15, 0.2) is 9.84 Å². The van der Waals surface area contributed by atoms with Crippen molar-refractivity contribution in [2.75, 3.05) is 0 Å². The molecule has 0 amide bonds. The molecule has 0 saturated carbocycles. The molecule has 0 aromatic carbocycles. The molecule has 0 spiro atoms. The molecule has 0 aliphatic carbocycles. The first-order valence-electron chi connectivity index (χ1n) is 5.96. The quantitative estimate of drug-likeness (QED) is 0.672. The molecule has 0 unspecified atom stereocenters. The fourth-order valence-electron chi connectivity index (χ4n) is 1.07. The molecule has 0 heterocycles. The smallest absolute Gasteiger partial charge is 0.198 e. The van der Waals surface area contributed by atoms with E-state index < -0.39 is 9.84 Å². The van der Waals surface area contributed by atoms with Crippen LogP contribution in [0.2, 0.25) is 0 Å². The van der Waals surface area contributed by atoms with Crippen molar-refractivity contribution in [3.8, 4) is 0 Å². The van der Waals surface area contributed by atoms with Gasteiger partial charge >= 0.3 is 0 Å². The van der Waals surface area contributed by atoms with Gasteiger partial charge in [-0.25, -0.2) is 8.42 Å². The highest BCUT2D eigenvalue weighted by Gasteiger charge is 2.14. The molecule has 19 heavy (non-hydrogen) atoms. The number of hydrogen-bond donors (Lipinski definition) is 0. The molecular formula is C16H22O2S. The van der Waals surface area contributed by atoms with E-state index in [2.05, 4.69) is 13.2 Å². The van der Waals surface area contributed by atoms with Crippen LogP contribution in [0.5, 0.6) is 0 Å². The van der Waals surface area contributed by atoms with Crippen LogP contribution < -0.4 is 0 Å². The Balaban J connectivity index is 5.40. The molecule has 0 aliphatic heterocycles. The summed E-state index contributed by atoms with van der Waals surface area (Å²) in [5.41, 5.74) is 1.83. The summed E-state index contributed by atoms with van der Waals surface area (Å²) in [6, 6.07) is 0. The fraction of sp³-hybridized carbons (Fsp3) is 0.250. The number of hydrogen-bond acceptors (Lipinski definition) is 2. The SMILES string of the molecule is C=CC(C)=CC=C(C)S(=O)(=O)C(C)=CC=C(C)C=C. The first-order chi connectivity index (χ1) is 8.75. The molecule has 3 heteroatoms. The van der Waals surface area contributed by atoms with Crippen molar-refractivity contribution in [2.24, 2.45) is 0 Å². The maximum Gasteiger partial charge on any atom is 0.198 e. The third-order valence-corrected chi connectivity index (χ3v) is 4.62. The Morgan fingerprint density at radius 3 is 1.32 bits per heavy atom. The van der Waals surface area contributed by atoms with Crippen molar-refractivity contribution in [3.05, 3.63) is 70.6 Å². The van der Waals surface area contributed by atoms with E-state index in [1.807, 2.05) is 13.8 Å². The lowest BCUT2D eigenvalue weighted by atomic mass is 10.3. The third kappa shape index (κ3) is 5.71. The molecule has 2 nitrogen and oxygen atoms in total. The summed E-state index contributed by atoms with van der Waals surface area (Å²) in [7, 11) is -3.38. The molecule has 0 bridgehead atoms. The topological polar surface area (TPSA) is 34.1 Å². The molecule has 0 rings (SSSR count). The van der Waals surface area contributed by atoms with Crippen LogP contribution in [0.15, 0.2) is 70.6 Å². The Kier molecular flexibility index (Phi) is 7.09. The fourth-order valence-corrected chi connectivity index (χ4v) is 2.07. The zero-order valence-corrected chi connectivity index (χ0v) is 12.9. The predicted octanol–water partition coefficient (Wildman–Crippen LogP) is 4.47. The average Bonchev–Trinajstić information content (AvgIpc) is 2.40. The van der Waals surface area contributed by atoms with Crippen LogP contribution >= 0.6 is 0 Å². The molecule has 0 saturated heterocycles. The van der Waals surface area contributed by atoms with Crippen molar-refractivity contribution in [1.29, 1.82) is 0 Å². The summed E-state index contributed by atoms with van der Waals surface area (Å²) < 4.78 is 24.4. The van der Waals surface area contributed by atoms with Gasteiger partial charge in [0.2, 0.25) is 0 Å². The van der Waals surface area contributed by atoms with Crippen LogP contribution in [-0.2, 0) is 9.84 Å². The maximum atomic E-state index is 12.2. The second kappa shape index (κ2) is 7.74. The second-order valence-corrected chi connectivity index (χ2v) is 6.58. The summed E-state index contributed by atoms with van der Waals surface area (Å²) in [6.07, 6.45) is 10.0. The highest BCUT2D eigenvalue weighted by atomic mass is 32.2. The summed E-state index contributed by atoms with van der Waals surface area (Å²) in [6.45, 7) is 14.1. The van der Waals surface area contributed by atoms with Gasteiger partial charge in [0.05, 0.1) is 0 Å². The van der Waals surface area contributed by atoms with Gasteiger partial charge in [-0.3, -0.25) is 0 Å². The lowest BCUT2D eigenvalue weighted by Crippen LogP contribution is -2.02. The van der Waals surface area contributed by atoms with Gasteiger partial charge in [-0.05, 0) is 39.8 Å². The molecule has 0 aliphatic rings. The monoisotopic (exact) mass is 278 g/mol. The Morgan fingerprint density at radius 1 is 0.737 bits per heavy atom. The zero-order chi connectivity index (χ0) is 15.1. The summed E-state index contributed by atoms with van der Waals surface area (Å²) in [5, 5.41) is 0. The van der Waals surface area contributed by atoms with Gasteiger partial charge in [0, 0.05) is 9.81 Å². The normalized spacial score (nSPS) is 15.4. The van der Waals surface area contributed by atoms with E-state index in [0.29, 0.717) is 9.81 Å². The van der Waals surface area contributed by atoms with Crippen LogP contribution in [0.1, 0.15) is 27.7 Å². The van der Waals surface area contributed by atoms with E-state index in [1.165, 1.54) is 0 Å². The largest absolute Gasteiger partial charge is 0.219 e. The van der Waals surface area contributed by atoms with E-state index in [-0.39, 0.29) is 0 Å². The summed E-state index contributed by atoms with van der Waals surface area (Å²) >= 11 is 0. The van der Waals surface area contributed by atoms with Crippen molar-refractivity contribution in [2.45, 2.75) is 27.7 Å². The van der Waals surface area contributed by atoms with E-state index in [4.69, 9.17) is 0 Å². The van der Waals surface area contributed by atoms with E-state index in [9.17, 15) is 8.42 Å². The summed E-state index contributed by atoms with van der Waals surface area (Å²) in [5.74, 6) is 0. The Morgan fingerprint density at radius 2 is 1.05 bits per heavy atom. The van der Waals surface area contributed by atoms with Crippen molar-refractivity contribution < 1.29 is 8.42 Å². The Labute approximate surface area is 117 Å². The van der Waals surface area contributed by atoms with Crippen LogP contribution in [0.4, 0.5) is 0 Å². The Hall–Kier alpha value is -1.61. The first kappa shape index (κ1) is 17.4. The predicted molar refractivity (Wildman–Crippen MR) is 84.3 cm³/mol. The number of sulfone groups is 1. The van der Waals surface area contributed by atoms with Crippen LogP contribution in [0, 0.1) is 0 Å². The molecule has 0 atom stereocenters. The number of allylic oxidation sites excluding steroid dienone is 10. The minimum absolute atomic E-state index is 0.312. The van der Waals surface area contributed by atoms with E-state index >= 15 is 0 Å². The van der Waals surface area contributed by atoms with Gasteiger partial charge in [-0.15, -0.1) is 0 Å². The second-order valence-electron chi connectivity index (χ2n) is 4.29. The lowest BCUT2D eigenvalue weighted by Gasteiger charge is -2.03. The Bertz CT molecular complexity index is 522. The molecular weight excluding hydrogens is 256 g/mol. The van der Waals surface area contributed by atoms with Gasteiger partial charge in [0.1, 0.15) is 0 Å². The standard InChI is InChI=1S/C16H22O2S/c1-7-13(3)9-11-15(5)19(17,18)16(6)12-10-14(4)8-2/h7-12H,1-2H2,3-6H3. The van der Waals surface area contributed by atoms with Crippen LogP contribution in [-0.4, -0.2) is 8.42 Å². The third-order valence-electron chi connectivity index (χ3n) is 2.65. The highest BCUT2D eigenvalue weighted by molar-refractivity contribution is 7.98. The van der Waals surface area contributed by atoms with Crippen LogP contribution in [0.25, 0.3) is 0 Å². The number of rotatable bonds is 6. The molecule has 0 N–H and O–H groups in total. The van der Waals surface area contributed by atoms with E-state index in [1.54, 1.807) is 50.3 Å². The maximum absolute atomic E-state index is 12.2. The van der Waals surface area contributed by atoms with Gasteiger partial charge in [0.25, 0.3) is 0 Å². The van der Waals surface area contributed by atoms with Crippen molar-refractivity contribution >= 4 is 9.84 Å². The van der Waals surface area contributed by atoms with Gasteiger partial charge < -0.3 is 0 Å². The summed E-state index contributed by atoms with van der Waals surface area (Å²) in [4.78, 5) is 0.624. The average molecular weight is 278 g/mol. The van der Waals surface area contributed by atoms with Gasteiger partial charge in [-0.1, -0.05) is 48.6 Å². The van der Waals surface area contributed by atoms with Gasteiger partial charge in [-0.2, -0.15) is 0 Å². The molecule has 0 radical (unpaired) electrons. The minimum Gasteiger partial charge on any atom is -0.219 e. The molecule has 0 fully saturated rings. The first-order valence-corrected chi connectivity index (χ1v) is 7.44. The molecule has 104 valence electrons. The van der Waals surface area contributed by atoms with Crippen molar-refractivity contribution in [3.63, 3.8) is 0 Å². The minimum atomic E-state index is -3.38. The van der Waals surface area contributed by atoms with Crippen molar-refractivity contribution in [1.82, 2.24) is 0 Å². The highest BCUT2D eigenvalue weighted by Crippen LogP contribution is 2.17.